The van der Waals surface area contributed by atoms with Gasteiger partial charge in [-0.05, 0) is 32.6 Å². The van der Waals surface area contributed by atoms with Gasteiger partial charge in [0.15, 0.2) is 6.79 Å². The molecule has 4 heteroatoms. The molecule has 98 valence electrons. The highest BCUT2D eigenvalue weighted by Crippen LogP contribution is 2.33. The van der Waals surface area contributed by atoms with Crippen LogP contribution in [0.2, 0.25) is 0 Å². The molecule has 1 rings (SSSR count). The van der Waals surface area contributed by atoms with Gasteiger partial charge in [0.25, 0.3) is 0 Å². The molecule has 0 atom stereocenters. The van der Waals surface area contributed by atoms with Crippen molar-refractivity contribution in [1.82, 2.24) is 4.98 Å². The Hall–Kier alpha value is -0.740. The lowest BCUT2D eigenvalue weighted by atomic mass is 10.3. The molecule has 0 amide bonds. The number of rotatable bonds is 6. The van der Waals surface area contributed by atoms with Crippen molar-refractivity contribution in [3.63, 3.8) is 0 Å². The summed E-state index contributed by atoms with van der Waals surface area (Å²) in [4.78, 5) is 4.29. The Balaban J connectivity index is 2.27. The minimum atomic E-state index is -0.473. The minimum Gasteiger partial charge on any atom is -0.467 e. The molecule has 0 N–H and O–H groups in total. The summed E-state index contributed by atoms with van der Waals surface area (Å²) in [6.45, 7) is 5.01. The van der Waals surface area contributed by atoms with Gasteiger partial charge in [-0.3, -0.25) is 4.98 Å². The summed E-state index contributed by atoms with van der Waals surface area (Å²) >= 11 is 0. The van der Waals surface area contributed by atoms with Crippen molar-refractivity contribution in [2.45, 2.75) is 13.8 Å². The maximum absolute atomic E-state index is 5.53. The second-order valence-corrected chi connectivity index (χ2v) is 9.64. The van der Waals surface area contributed by atoms with Crippen LogP contribution >= 0.6 is 10.0 Å². The lowest BCUT2D eigenvalue weighted by molar-refractivity contribution is 0.0235. The molecule has 0 aliphatic rings. The molecule has 0 aliphatic carbocycles. The molecule has 0 fully saturated rings. The third kappa shape index (κ3) is 6.54. The Kier molecular flexibility index (Phi) is 5.28. The topological polar surface area (TPSA) is 31.4 Å². The number of aromatic nitrogens is 1. The third-order valence-electron chi connectivity index (χ3n) is 2.20. The van der Waals surface area contributed by atoms with Crippen molar-refractivity contribution in [3.8, 4) is 5.75 Å². The van der Waals surface area contributed by atoms with E-state index in [1.54, 1.807) is 0 Å². The highest BCUT2D eigenvalue weighted by molar-refractivity contribution is 8.32. The fourth-order valence-corrected chi connectivity index (χ4v) is 1.97. The zero-order valence-electron chi connectivity index (χ0n) is 11.4. The lowest BCUT2D eigenvalue weighted by Gasteiger charge is -2.24. The molecule has 3 nitrogen and oxygen atoms in total. The van der Waals surface area contributed by atoms with Gasteiger partial charge in [0.2, 0.25) is 0 Å². The van der Waals surface area contributed by atoms with Gasteiger partial charge in [-0.15, -0.1) is 0 Å². The summed E-state index contributed by atoms with van der Waals surface area (Å²) in [6.07, 6.45) is 6.85. The van der Waals surface area contributed by atoms with Gasteiger partial charge in [-0.1, -0.05) is 0 Å². The van der Waals surface area contributed by atoms with E-state index in [2.05, 4.69) is 23.8 Å². The van der Waals surface area contributed by atoms with Gasteiger partial charge in [0, 0.05) is 29.3 Å². The minimum absolute atomic E-state index is 0.318. The Labute approximate surface area is 106 Å². The molecule has 0 aromatic carbocycles. The number of hydrogen-bond donors (Lipinski definition) is 0. The molecule has 17 heavy (non-hydrogen) atoms. The molecule has 0 bridgehead atoms. The lowest BCUT2D eigenvalue weighted by Crippen LogP contribution is -2.10. The number of pyridine rings is 1. The van der Waals surface area contributed by atoms with Gasteiger partial charge >= 0.3 is 0 Å². The molecule has 0 unspecified atom stereocenters. The van der Waals surface area contributed by atoms with Crippen LogP contribution in [0.4, 0.5) is 0 Å². The average Bonchev–Trinajstić information content (AvgIpc) is 2.13. The van der Waals surface area contributed by atoms with Crippen molar-refractivity contribution in [2.24, 2.45) is 0 Å². The molecule has 1 heterocycles. The molecule has 0 aliphatic heterocycles. The zero-order valence-corrected chi connectivity index (χ0v) is 12.3. The highest BCUT2D eigenvalue weighted by atomic mass is 32.3. The van der Waals surface area contributed by atoms with Gasteiger partial charge in [-0.2, -0.15) is 0 Å². The van der Waals surface area contributed by atoms with E-state index < -0.39 is 10.0 Å². The maximum Gasteiger partial charge on any atom is 0.189 e. The average molecular weight is 257 g/mol. The standard InChI is InChI=1S/C13H23NO2S/c1-11-8-13(9-12(2)14-11)16-10-15-6-7-17(3,4)5/h8-9H,6-7,10H2,1-5H3. The first kappa shape index (κ1) is 14.3. The highest BCUT2D eigenvalue weighted by Gasteiger charge is 2.03. The van der Waals surface area contributed by atoms with Crippen LogP contribution in [0.5, 0.6) is 5.75 Å². The second kappa shape index (κ2) is 6.26. The predicted octanol–water partition coefficient (Wildman–Crippen LogP) is 2.75. The third-order valence-corrected chi connectivity index (χ3v) is 3.60. The van der Waals surface area contributed by atoms with Gasteiger partial charge in [-0.25, -0.2) is 10.0 Å². The van der Waals surface area contributed by atoms with Crippen LogP contribution < -0.4 is 4.74 Å². The quantitative estimate of drug-likeness (QED) is 0.580. The van der Waals surface area contributed by atoms with Crippen molar-refractivity contribution in [2.75, 3.05) is 37.9 Å². The normalized spacial score (nSPS) is 12.5. The number of nitrogens with zero attached hydrogens (tertiary/aromatic N) is 1. The van der Waals surface area contributed by atoms with E-state index in [4.69, 9.17) is 9.47 Å². The predicted molar refractivity (Wildman–Crippen MR) is 75.4 cm³/mol. The van der Waals surface area contributed by atoms with E-state index in [0.29, 0.717) is 6.79 Å². The zero-order chi connectivity index (χ0) is 12.9. The molecule has 1 aromatic rings. The Morgan fingerprint density at radius 1 is 1.12 bits per heavy atom. The fraction of sp³-hybridized carbons (Fsp3) is 0.615. The van der Waals surface area contributed by atoms with Gasteiger partial charge < -0.3 is 9.47 Å². The van der Waals surface area contributed by atoms with E-state index in [0.717, 1.165) is 29.5 Å². The van der Waals surface area contributed by atoms with Crippen LogP contribution in [0.15, 0.2) is 12.1 Å². The van der Waals surface area contributed by atoms with Crippen LogP contribution in [0, 0.1) is 13.8 Å². The molecule has 0 spiro atoms. The smallest absolute Gasteiger partial charge is 0.189 e. The fourth-order valence-electron chi connectivity index (χ4n) is 1.36. The summed E-state index contributed by atoms with van der Waals surface area (Å²) in [6, 6.07) is 3.84. The molecular weight excluding hydrogens is 234 g/mol. The van der Waals surface area contributed by atoms with Gasteiger partial charge in [0.05, 0.1) is 6.61 Å². The van der Waals surface area contributed by atoms with E-state index >= 15 is 0 Å². The maximum atomic E-state index is 5.53. The number of aryl methyl sites for hydroxylation is 2. The summed E-state index contributed by atoms with van der Waals surface area (Å²) in [5, 5.41) is 0. The van der Waals surface area contributed by atoms with Crippen LogP contribution in [0.3, 0.4) is 0 Å². The van der Waals surface area contributed by atoms with Crippen molar-refractivity contribution in [1.29, 1.82) is 0 Å². The largest absolute Gasteiger partial charge is 0.467 e. The Morgan fingerprint density at radius 3 is 2.24 bits per heavy atom. The number of hydrogen-bond acceptors (Lipinski definition) is 3. The first-order valence-corrected chi connectivity index (χ1v) is 8.71. The van der Waals surface area contributed by atoms with Gasteiger partial charge in [0.1, 0.15) is 5.75 Å². The first-order chi connectivity index (χ1) is 7.87. The molecule has 0 radical (unpaired) electrons. The van der Waals surface area contributed by atoms with E-state index in [1.165, 1.54) is 0 Å². The molecular formula is C13H23NO2S. The first-order valence-electron chi connectivity index (χ1n) is 5.69. The SMILES string of the molecule is Cc1cc(OCOCCS(C)(C)C)cc(C)n1. The van der Waals surface area contributed by atoms with Crippen LogP contribution in [0.25, 0.3) is 0 Å². The summed E-state index contributed by atoms with van der Waals surface area (Å²) in [5.74, 6) is 1.95. The van der Waals surface area contributed by atoms with Crippen molar-refractivity contribution < 1.29 is 9.47 Å². The van der Waals surface area contributed by atoms with Crippen molar-refractivity contribution in [3.05, 3.63) is 23.5 Å². The monoisotopic (exact) mass is 257 g/mol. The molecule has 0 saturated carbocycles. The number of ether oxygens (including phenoxy) is 2. The Bertz CT molecular complexity index is 341. The summed E-state index contributed by atoms with van der Waals surface area (Å²) < 4.78 is 11.0. The van der Waals surface area contributed by atoms with E-state index in [9.17, 15) is 0 Å². The summed E-state index contributed by atoms with van der Waals surface area (Å²) in [7, 11) is -0.473. The van der Waals surface area contributed by atoms with Crippen LogP contribution in [0.1, 0.15) is 11.4 Å². The van der Waals surface area contributed by atoms with E-state index in [-0.39, 0.29) is 0 Å². The van der Waals surface area contributed by atoms with E-state index in [1.807, 2.05) is 26.0 Å². The second-order valence-electron chi connectivity index (χ2n) is 5.05. The molecule has 0 saturated heterocycles. The molecule has 1 aromatic heterocycles. The van der Waals surface area contributed by atoms with Crippen LogP contribution in [-0.2, 0) is 4.74 Å². The summed E-state index contributed by atoms with van der Waals surface area (Å²) in [5.41, 5.74) is 1.94. The van der Waals surface area contributed by atoms with Crippen LogP contribution in [-0.4, -0.2) is 42.9 Å². The Morgan fingerprint density at radius 2 is 1.71 bits per heavy atom. The van der Waals surface area contributed by atoms with Crippen molar-refractivity contribution >= 4 is 10.0 Å².